The minimum atomic E-state index is -4.72. The molecule has 150 valence electrons. The second-order valence-corrected chi connectivity index (χ2v) is 6.36. The van der Waals surface area contributed by atoms with Gasteiger partial charge >= 0.3 is 12.1 Å². The van der Waals surface area contributed by atoms with Gasteiger partial charge in [0, 0.05) is 5.02 Å². The molecule has 9 heteroatoms. The first kappa shape index (κ1) is 21.6. The third kappa shape index (κ3) is 5.16. The largest absolute Gasteiger partial charge is 0.496 e. The summed E-state index contributed by atoms with van der Waals surface area (Å²) in [7, 11) is 1.37. The second-order valence-electron chi connectivity index (χ2n) is 5.93. The fraction of sp³-hybridized carbons (Fsp3) is 0.263. The van der Waals surface area contributed by atoms with Crippen LogP contribution in [0.2, 0.25) is 5.02 Å². The van der Waals surface area contributed by atoms with Crippen molar-refractivity contribution < 1.29 is 32.2 Å². The second kappa shape index (κ2) is 8.52. The number of rotatable bonds is 5. The average molecular weight is 416 g/mol. The Morgan fingerprint density at radius 1 is 1.14 bits per heavy atom. The van der Waals surface area contributed by atoms with Crippen molar-refractivity contribution in [2.75, 3.05) is 12.4 Å². The lowest BCUT2D eigenvalue weighted by molar-refractivity contribution is -0.137. The summed E-state index contributed by atoms with van der Waals surface area (Å²) >= 11 is 5.61. The lowest BCUT2D eigenvalue weighted by Crippen LogP contribution is -2.31. The molecule has 0 unspecified atom stereocenters. The molecule has 1 N–H and O–H groups in total. The Balaban J connectivity index is 2.16. The van der Waals surface area contributed by atoms with Crippen molar-refractivity contribution in [1.82, 2.24) is 0 Å². The van der Waals surface area contributed by atoms with E-state index in [9.17, 15) is 22.8 Å². The van der Waals surface area contributed by atoms with Crippen LogP contribution in [0.5, 0.6) is 5.75 Å². The van der Waals surface area contributed by atoms with Crippen molar-refractivity contribution in [3.8, 4) is 5.75 Å². The van der Waals surface area contributed by atoms with Gasteiger partial charge in [0.05, 0.1) is 18.4 Å². The van der Waals surface area contributed by atoms with Gasteiger partial charge in [0.2, 0.25) is 0 Å². The summed E-state index contributed by atoms with van der Waals surface area (Å²) in [5, 5.41) is 1.99. The highest BCUT2D eigenvalue weighted by Crippen LogP contribution is 2.36. The predicted octanol–water partition coefficient (Wildman–Crippen LogP) is 4.86. The first-order valence-electron chi connectivity index (χ1n) is 8.06. The third-order valence-corrected chi connectivity index (χ3v) is 4.01. The smallest absolute Gasteiger partial charge is 0.418 e. The molecule has 28 heavy (non-hydrogen) atoms. The first-order valence-corrected chi connectivity index (χ1v) is 8.44. The third-order valence-electron chi connectivity index (χ3n) is 3.77. The molecule has 0 heterocycles. The predicted molar refractivity (Wildman–Crippen MR) is 97.7 cm³/mol. The molecular weight excluding hydrogens is 399 g/mol. The number of aryl methyl sites for hydroxylation is 1. The van der Waals surface area contributed by atoms with Crippen LogP contribution < -0.4 is 10.1 Å². The lowest BCUT2D eigenvalue weighted by Gasteiger charge is -2.17. The molecule has 0 saturated heterocycles. The summed E-state index contributed by atoms with van der Waals surface area (Å²) in [6.07, 6.45) is -6.07. The highest BCUT2D eigenvalue weighted by Gasteiger charge is 2.34. The monoisotopic (exact) mass is 415 g/mol. The summed E-state index contributed by atoms with van der Waals surface area (Å²) in [5.41, 5.74) is -0.726. The van der Waals surface area contributed by atoms with Gasteiger partial charge in [-0.2, -0.15) is 13.2 Å². The minimum Gasteiger partial charge on any atom is -0.496 e. The van der Waals surface area contributed by atoms with Crippen molar-refractivity contribution in [2.24, 2.45) is 0 Å². The zero-order chi connectivity index (χ0) is 21.1. The fourth-order valence-electron chi connectivity index (χ4n) is 2.35. The molecule has 0 aromatic heterocycles. The summed E-state index contributed by atoms with van der Waals surface area (Å²) in [5.74, 6) is -1.51. The lowest BCUT2D eigenvalue weighted by atomic mass is 10.1. The van der Waals surface area contributed by atoms with E-state index in [2.05, 4.69) is 5.32 Å². The molecule has 0 bridgehead atoms. The molecule has 1 atom stereocenters. The van der Waals surface area contributed by atoms with Crippen LogP contribution in [0.4, 0.5) is 18.9 Å². The SMILES string of the molecule is COc1ccc(C)cc1C(=O)O[C@H](C)C(=O)Nc1ccc(Cl)cc1C(F)(F)F. The number of hydrogen-bond acceptors (Lipinski definition) is 4. The van der Waals surface area contributed by atoms with Gasteiger partial charge in [-0.25, -0.2) is 4.79 Å². The van der Waals surface area contributed by atoms with Crippen LogP contribution in [-0.4, -0.2) is 25.1 Å². The van der Waals surface area contributed by atoms with Crippen molar-refractivity contribution in [3.05, 3.63) is 58.1 Å². The van der Waals surface area contributed by atoms with Gasteiger partial charge in [0.25, 0.3) is 5.91 Å². The van der Waals surface area contributed by atoms with Crippen LogP contribution in [0.1, 0.15) is 28.4 Å². The molecule has 0 aliphatic heterocycles. The summed E-state index contributed by atoms with van der Waals surface area (Å²) in [4.78, 5) is 24.6. The maximum Gasteiger partial charge on any atom is 0.418 e. The topological polar surface area (TPSA) is 64.6 Å². The van der Waals surface area contributed by atoms with E-state index in [-0.39, 0.29) is 16.3 Å². The molecule has 5 nitrogen and oxygen atoms in total. The number of carbonyl (C=O) groups excluding carboxylic acids is 2. The Bertz CT molecular complexity index is 899. The van der Waals surface area contributed by atoms with Crippen LogP contribution >= 0.6 is 11.6 Å². The molecule has 0 spiro atoms. The summed E-state index contributed by atoms with van der Waals surface area (Å²) < 4.78 is 49.5. The molecular formula is C19H17ClF3NO4. The number of esters is 1. The first-order chi connectivity index (χ1) is 13.0. The van der Waals surface area contributed by atoms with E-state index in [1.807, 2.05) is 0 Å². The van der Waals surface area contributed by atoms with Gasteiger partial charge in [-0.3, -0.25) is 4.79 Å². The quantitative estimate of drug-likeness (QED) is 0.708. The van der Waals surface area contributed by atoms with Gasteiger partial charge < -0.3 is 14.8 Å². The van der Waals surface area contributed by atoms with E-state index in [4.69, 9.17) is 21.1 Å². The maximum absolute atomic E-state index is 13.1. The van der Waals surface area contributed by atoms with Crippen LogP contribution in [0.25, 0.3) is 0 Å². The number of methoxy groups -OCH3 is 1. The zero-order valence-corrected chi connectivity index (χ0v) is 15.9. The number of benzene rings is 2. The number of hydrogen-bond donors (Lipinski definition) is 1. The van der Waals surface area contributed by atoms with Crippen LogP contribution in [0.15, 0.2) is 36.4 Å². The number of ether oxygens (including phenoxy) is 2. The number of halogens is 4. The van der Waals surface area contributed by atoms with Crippen molar-refractivity contribution >= 4 is 29.2 Å². The van der Waals surface area contributed by atoms with Gasteiger partial charge in [-0.15, -0.1) is 0 Å². The van der Waals surface area contributed by atoms with Gasteiger partial charge in [0.15, 0.2) is 6.10 Å². The molecule has 0 aliphatic carbocycles. The van der Waals surface area contributed by atoms with Crippen molar-refractivity contribution in [3.63, 3.8) is 0 Å². The van der Waals surface area contributed by atoms with Crippen LogP contribution in [0.3, 0.4) is 0 Å². The standard InChI is InChI=1S/C19H17ClF3NO4/c1-10-4-7-16(27-3)13(8-10)18(26)28-11(2)17(25)24-15-6-5-12(20)9-14(15)19(21,22)23/h4-9,11H,1-3H3,(H,24,25)/t11-/m1/s1. The number of nitrogens with one attached hydrogen (secondary N) is 1. The van der Waals surface area contributed by atoms with Gasteiger partial charge in [-0.1, -0.05) is 23.2 Å². The molecule has 2 rings (SSSR count). The Labute approximate surface area is 164 Å². The van der Waals surface area contributed by atoms with Crippen molar-refractivity contribution in [2.45, 2.75) is 26.1 Å². The molecule has 0 radical (unpaired) electrons. The van der Waals surface area contributed by atoms with E-state index >= 15 is 0 Å². The molecule has 2 aromatic rings. The van der Waals surface area contributed by atoms with Crippen molar-refractivity contribution in [1.29, 1.82) is 0 Å². The summed E-state index contributed by atoms with van der Waals surface area (Å²) in [6, 6.07) is 7.75. The molecule has 2 aromatic carbocycles. The number of alkyl halides is 3. The average Bonchev–Trinajstić information content (AvgIpc) is 2.62. The zero-order valence-electron chi connectivity index (χ0n) is 15.2. The molecule has 0 saturated carbocycles. The Hall–Kier alpha value is -2.74. The number of amides is 1. The number of carbonyl (C=O) groups is 2. The Morgan fingerprint density at radius 3 is 2.43 bits per heavy atom. The highest BCUT2D eigenvalue weighted by atomic mass is 35.5. The Kier molecular flexibility index (Phi) is 6.56. The maximum atomic E-state index is 13.1. The number of anilines is 1. The van der Waals surface area contributed by atoms with E-state index in [1.165, 1.54) is 26.2 Å². The van der Waals surface area contributed by atoms with Crippen LogP contribution in [-0.2, 0) is 15.7 Å². The molecule has 1 amide bonds. The van der Waals surface area contributed by atoms with E-state index in [1.54, 1.807) is 19.1 Å². The normalized spacial score (nSPS) is 12.2. The fourth-order valence-corrected chi connectivity index (χ4v) is 2.53. The van der Waals surface area contributed by atoms with Gasteiger partial charge in [0.1, 0.15) is 11.3 Å². The summed E-state index contributed by atoms with van der Waals surface area (Å²) in [6.45, 7) is 3.00. The van der Waals surface area contributed by atoms with E-state index in [0.29, 0.717) is 6.07 Å². The Morgan fingerprint density at radius 2 is 1.82 bits per heavy atom. The van der Waals surface area contributed by atoms with E-state index in [0.717, 1.165) is 11.6 Å². The minimum absolute atomic E-state index is 0.102. The van der Waals surface area contributed by atoms with Gasteiger partial charge in [-0.05, 0) is 44.2 Å². The highest BCUT2D eigenvalue weighted by molar-refractivity contribution is 6.30. The molecule has 0 fully saturated rings. The van der Waals surface area contributed by atoms with Crippen LogP contribution in [0, 0.1) is 6.92 Å². The molecule has 0 aliphatic rings. The van der Waals surface area contributed by atoms with E-state index < -0.39 is 35.4 Å².